The summed E-state index contributed by atoms with van der Waals surface area (Å²) in [7, 11) is 1.86. The van der Waals surface area contributed by atoms with E-state index in [4.69, 9.17) is 0 Å². The van der Waals surface area contributed by atoms with Gasteiger partial charge in [-0.2, -0.15) is 5.10 Å². The molecule has 0 aliphatic heterocycles. The van der Waals surface area contributed by atoms with Crippen LogP contribution < -0.4 is 0 Å². The van der Waals surface area contributed by atoms with Crippen molar-refractivity contribution in [3.8, 4) is 22.9 Å². The number of aryl methyl sites for hydroxylation is 1. The lowest BCUT2D eigenvalue weighted by molar-refractivity contribution is 0.769. The summed E-state index contributed by atoms with van der Waals surface area (Å²) in [4.78, 5) is 12.8. The van der Waals surface area contributed by atoms with Gasteiger partial charge in [0.25, 0.3) is 0 Å². The van der Waals surface area contributed by atoms with E-state index in [1.165, 1.54) is 6.33 Å². The van der Waals surface area contributed by atoms with Crippen LogP contribution in [0.15, 0.2) is 48.9 Å². The third-order valence-corrected chi connectivity index (χ3v) is 2.65. The van der Waals surface area contributed by atoms with Crippen molar-refractivity contribution < 1.29 is 0 Å². The maximum atomic E-state index is 4.46. The highest BCUT2D eigenvalue weighted by molar-refractivity contribution is 5.58. The second-order valence-corrected chi connectivity index (χ2v) is 3.84. The van der Waals surface area contributed by atoms with E-state index in [1.54, 1.807) is 10.9 Å². The Morgan fingerprint density at radius 1 is 0.944 bits per heavy atom. The third kappa shape index (κ3) is 1.86. The molecule has 88 valence electrons. The average Bonchev–Trinajstić information content (AvgIpc) is 2.86. The van der Waals surface area contributed by atoms with Crippen LogP contribution in [0.3, 0.4) is 0 Å². The molecule has 0 atom stereocenters. The molecule has 5 nitrogen and oxygen atoms in total. The van der Waals surface area contributed by atoms with Crippen LogP contribution in [0.5, 0.6) is 0 Å². The molecule has 0 radical (unpaired) electrons. The van der Waals surface area contributed by atoms with Crippen molar-refractivity contribution in [1.29, 1.82) is 0 Å². The van der Waals surface area contributed by atoms with E-state index in [-0.39, 0.29) is 0 Å². The predicted molar refractivity (Wildman–Crippen MR) is 67.5 cm³/mol. The normalized spacial score (nSPS) is 10.5. The molecular formula is C13H11N5. The minimum atomic E-state index is 0.629. The lowest BCUT2D eigenvalue weighted by Gasteiger charge is -2.03. The van der Waals surface area contributed by atoms with Crippen LogP contribution in [0.1, 0.15) is 0 Å². The van der Waals surface area contributed by atoms with Crippen molar-refractivity contribution in [1.82, 2.24) is 24.7 Å². The monoisotopic (exact) mass is 237 g/mol. The minimum absolute atomic E-state index is 0.629. The van der Waals surface area contributed by atoms with E-state index in [2.05, 4.69) is 20.1 Å². The summed E-state index contributed by atoms with van der Waals surface area (Å²) >= 11 is 0. The zero-order chi connectivity index (χ0) is 12.4. The molecule has 0 N–H and O–H groups in total. The molecule has 1 aromatic carbocycles. The quantitative estimate of drug-likeness (QED) is 0.683. The highest BCUT2D eigenvalue weighted by atomic mass is 15.3. The van der Waals surface area contributed by atoms with Crippen LogP contribution in [-0.4, -0.2) is 24.7 Å². The number of hydrogen-bond donors (Lipinski definition) is 0. The maximum absolute atomic E-state index is 4.46. The molecule has 5 heteroatoms. The van der Waals surface area contributed by atoms with Crippen molar-refractivity contribution >= 4 is 0 Å². The second-order valence-electron chi connectivity index (χ2n) is 3.84. The molecule has 0 aliphatic rings. The highest BCUT2D eigenvalue weighted by Gasteiger charge is 2.08. The van der Waals surface area contributed by atoms with Gasteiger partial charge in [0.15, 0.2) is 11.6 Å². The van der Waals surface area contributed by atoms with Gasteiger partial charge in [0.1, 0.15) is 12.0 Å². The van der Waals surface area contributed by atoms with Crippen LogP contribution in [0, 0.1) is 0 Å². The van der Waals surface area contributed by atoms with Crippen LogP contribution in [0.4, 0.5) is 0 Å². The first-order valence-corrected chi connectivity index (χ1v) is 5.57. The average molecular weight is 237 g/mol. The fourth-order valence-electron chi connectivity index (χ4n) is 1.74. The molecule has 0 unspecified atom stereocenters. The largest absolute Gasteiger partial charge is 0.265 e. The van der Waals surface area contributed by atoms with Crippen molar-refractivity contribution in [2.75, 3.05) is 0 Å². The Balaban J connectivity index is 2.08. The minimum Gasteiger partial charge on any atom is -0.265 e. The predicted octanol–water partition coefficient (Wildman–Crippen LogP) is 1.94. The SMILES string of the molecule is Cn1nccc1-c1ncnc(-c2ccccc2)n1. The maximum Gasteiger partial charge on any atom is 0.181 e. The van der Waals surface area contributed by atoms with Crippen molar-refractivity contribution in [3.63, 3.8) is 0 Å². The van der Waals surface area contributed by atoms with E-state index in [9.17, 15) is 0 Å². The molecule has 3 rings (SSSR count). The number of nitrogens with zero attached hydrogens (tertiary/aromatic N) is 5. The summed E-state index contributed by atoms with van der Waals surface area (Å²) in [6.07, 6.45) is 3.25. The van der Waals surface area contributed by atoms with E-state index in [0.717, 1.165) is 11.3 Å². The first kappa shape index (κ1) is 10.6. The summed E-state index contributed by atoms with van der Waals surface area (Å²) in [6.45, 7) is 0. The molecule has 0 saturated carbocycles. The van der Waals surface area contributed by atoms with E-state index < -0.39 is 0 Å². The molecule has 0 saturated heterocycles. The van der Waals surface area contributed by atoms with E-state index >= 15 is 0 Å². The lowest BCUT2D eigenvalue weighted by Crippen LogP contribution is -2.00. The zero-order valence-corrected chi connectivity index (χ0v) is 9.85. The Labute approximate surface area is 104 Å². The van der Waals surface area contributed by atoms with Crippen LogP contribution in [0.2, 0.25) is 0 Å². The fraction of sp³-hybridized carbons (Fsp3) is 0.0769. The van der Waals surface area contributed by atoms with Gasteiger partial charge in [-0.25, -0.2) is 15.0 Å². The van der Waals surface area contributed by atoms with Gasteiger partial charge in [0.05, 0.1) is 0 Å². The Morgan fingerprint density at radius 2 is 1.72 bits per heavy atom. The van der Waals surface area contributed by atoms with E-state index in [1.807, 2.05) is 43.4 Å². The van der Waals surface area contributed by atoms with Gasteiger partial charge in [-0.3, -0.25) is 4.68 Å². The summed E-state index contributed by atoms with van der Waals surface area (Å²) < 4.78 is 1.74. The molecule has 2 aromatic heterocycles. The Hall–Kier alpha value is -2.56. The summed E-state index contributed by atoms with van der Waals surface area (Å²) in [5.41, 5.74) is 1.85. The van der Waals surface area contributed by atoms with Crippen molar-refractivity contribution in [2.24, 2.45) is 7.05 Å². The third-order valence-electron chi connectivity index (χ3n) is 2.65. The topological polar surface area (TPSA) is 56.5 Å². The van der Waals surface area contributed by atoms with Crippen LogP contribution in [0.25, 0.3) is 22.9 Å². The Bertz CT molecular complexity index is 660. The molecule has 0 spiro atoms. The molecule has 0 bridgehead atoms. The number of benzene rings is 1. The van der Waals surface area contributed by atoms with Gasteiger partial charge in [-0.05, 0) is 6.07 Å². The number of hydrogen-bond acceptors (Lipinski definition) is 4. The van der Waals surface area contributed by atoms with Gasteiger partial charge in [-0.1, -0.05) is 30.3 Å². The molecule has 0 fully saturated rings. The van der Waals surface area contributed by atoms with Crippen molar-refractivity contribution in [3.05, 3.63) is 48.9 Å². The van der Waals surface area contributed by atoms with Gasteiger partial charge >= 0.3 is 0 Å². The zero-order valence-electron chi connectivity index (χ0n) is 9.85. The molecule has 0 amide bonds. The first-order chi connectivity index (χ1) is 8.84. The Morgan fingerprint density at radius 3 is 2.44 bits per heavy atom. The summed E-state index contributed by atoms with van der Waals surface area (Å²) in [5.74, 6) is 1.30. The summed E-state index contributed by atoms with van der Waals surface area (Å²) in [6, 6.07) is 11.7. The summed E-state index contributed by atoms with van der Waals surface area (Å²) in [5, 5.41) is 4.11. The van der Waals surface area contributed by atoms with Crippen LogP contribution >= 0.6 is 0 Å². The molecule has 0 aliphatic carbocycles. The van der Waals surface area contributed by atoms with Crippen molar-refractivity contribution in [2.45, 2.75) is 0 Å². The smallest absolute Gasteiger partial charge is 0.181 e. The molecular weight excluding hydrogens is 226 g/mol. The standard InChI is InChI=1S/C13H11N5/c1-18-11(7-8-16-18)13-15-9-14-12(17-13)10-5-3-2-4-6-10/h2-9H,1H3. The molecule has 2 heterocycles. The molecule has 18 heavy (non-hydrogen) atoms. The van der Waals surface area contributed by atoms with E-state index in [0.29, 0.717) is 11.6 Å². The lowest BCUT2D eigenvalue weighted by atomic mass is 10.2. The number of aromatic nitrogens is 5. The van der Waals surface area contributed by atoms with Gasteiger partial charge < -0.3 is 0 Å². The first-order valence-electron chi connectivity index (χ1n) is 5.57. The van der Waals surface area contributed by atoms with Gasteiger partial charge in [0, 0.05) is 18.8 Å². The van der Waals surface area contributed by atoms with Crippen LogP contribution in [-0.2, 0) is 7.05 Å². The van der Waals surface area contributed by atoms with Gasteiger partial charge in [0.2, 0.25) is 0 Å². The highest BCUT2D eigenvalue weighted by Crippen LogP contribution is 2.17. The molecule has 3 aromatic rings. The van der Waals surface area contributed by atoms with Gasteiger partial charge in [-0.15, -0.1) is 0 Å². The fourth-order valence-corrected chi connectivity index (χ4v) is 1.74. The second kappa shape index (κ2) is 4.37. The number of rotatable bonds is 2. The Kier molecular flexibility index (Phi) is 2.57.